The van der Waals surface area contributed by atoms with Crippen molar-refractivity contribution in [1.82, 2.24) is 0 Å². The summed E-state index contributed by atoms with van der Waals surface area (Å²) in [6.45, 7) is 22.3. The zero-order valence-electron chi connectivity index (χ0n) is 19.8. The number of methoxy groups -OCH3 is 1. The van der Waals surface area contributed by atoms with Gasteiger partial charge in [-0.25, -0.2) is 4.79 Å². The molecule has 0 atom stereocenters. The maximum absolute atomic E-state index is 12.4. The zero-order valence-corrected chi connectivity index (χ0v) is 24.6. The second-order valence-electron chi connectivity index (χ2n) is 11.0. The van der Waals surface area contributed by atoms with Gasteiger partial charge < -0.3 is 13.0 Å². The third-order valence-electron chi connectivity index (χ3n) is 4.48. The van der Waals surface area contributed by atoms with Crippen molar-refractivity contribution in [3.05, 3.63) is 23.8 Å². The Morgan fingerprint density at radius 1 is 0.786 bits per heavy atom. The van der Waals surface area contributed by atoms with E-state index in [0.717, 1.165) is 10.4 Å². The first-order valence-electron chi connectivity index (χ1n) is 9.99. The molecule has 0 aliphatic heterocycles. The summed E-state index contributed by atoms with van der Waals surface area (Å²) in [4.78, 5) is 12.4. The van der Waals surface area contributed by atoms with E-state index in [1.54, 1.807) is 0 Å². The van der Waals surface area contributed by atoms with E-state index in [-0.39, 0.29) is 16.0 Å². The van der Waals surface area contributed by atoms with Crippen LogP contribution in [0.1, 0.15) is 51.9 Å². The largest absolute Gasteiger partial charge is 0.465 e. The Kier molecular flexibility index (Phi) is 8.28. The maximum atomic E-state index is 12.4. The van der Waals surface area contributed by atoms with Crippen molar-refractivity contribution in [1.29, 1.82) is 0 Å². The third-order valence-corrected chi connectivity index (χ3v) is 16.5. The number of ether oxygens (including phenoxy) is 1. The van der Waals surface area contributed by atoms with E-state index in [1.807, 2.05) is 12.1 Å². The zero-order chi connectivity index (χ0) is 22.0. The van der Waals surface area contributed by atoms with Crippen LogP contribution >= 0.6 is 0 Å². The van der Waals surface area contributed by atoms with Crippen LogP contribution in [-0.4, -0.2) is 49.2 Å². The fraction of sp³-hybridized carbons (Fsp3) is 0.650. The standard InChI is InChI=1S/C20H40O4Si4/c1-19(2,3)25-23-27(8,9)16-12-15(18(21)22-7)13-17(14-16)28(10,11)24-26-20(4,5)6/h12-14H,25-26H2,1-11H3. The van der Waals surface area contributed by atoms with E-state index in [2.05, 4.69) is 73.8 Å². The van der Waals surface area contributed by atoms with Crippen molar-refractivity contribution in [3.63, 3.8) is 0 Å². The summed E-state index contributed by atoms with van der Waals surface area (Å²) in [7, 11) is -4.15. The van der Waals surface area contributed by atoms with E-state index in [9.17, 15) is 4.79 Å². The lowest BCUT2D eigenvalue weighted by molar-refractivity contribution is 0.0601. The number of hydrogen-bond donors (Lipinski definition) is 0. The van der Waals surface area contributed by atoms with Crippen molar-refractivity contribution in [2.24, 2.45) is 0 Å². The van der Waals surface area contributed by atoms with E-state index < -0.39 is 36.2 Å². The number of carbonyl (C=O) groups is 1. The minimum absolute atomic E-state index is 0.239. The summed E-state index contributed by atoms with van der Waals surface area (Å²) in [6, 6.07) is 6.20. The van der Waals surface area contributed by atoms with Crippen molar-refractivity contribution in [3.8, 4) is 0 Å². The molecule has 0 unspecified atom stereocenters. The molecule has 0 saturated carbocycles. The van der Waals surface area contributed by atoms with Crippen molar-refractivity contribution in [2.75, 3.05) is 7.11 Å². The predicted octanol–water partition coefficient (Wildman–Crippen LogP) is 2.94. The van der Waals surface area contributed by atoms with Crippen molar-refractivity contribution in [2.45, 2.75) is 77.8 Å². The number of esters is 1. The Morgan fingerprint density at radius 2 is 1.14 bits per heavy atom. The highest BCUT2D eigenvalue weighted by Crippen LogP contribution is 2.24. The average Bonchev–Trinajstić information content (AvgIpc) is 2.56. The van der Waals surface area contributed by atoms with Gasteiger partial charge in [0.15, 0.2) is 19.5 Å². The van der Waals surface area contributed by atoms with E-state index in [0.29, 0.717) is 5.56 Å². The molecule has 0 saturated heterocycles. The Balaban J connectivity index is 3.35. The van der Waals surface area contributed by atoms with Gasteiger partial charge in [-0.05, 0) is 58.8 Å². The Hall–Kier alpha value is -0.522. The van der Waals surface area contributed by atoms with E-state index >= 15 is 0 Å². The van der Waals surface area contributed by atoms with Crippen molar-refractivity contribution < 1.29 is 17.8 Å². The van der Waals surface area contributed by atoms with Gasteiger partial charge in [0.1, 0.15) is 0 Å². The summed E-state index contributed by atoms with van der Waals surface area (Å²) in [5, 5.41) is 2.79. The van der Waals surface area contributed by atoms with E-state index in [1.165, 1.54) is 7.11 Å². The number of rotatable bonds is 7. The van der Waals surface area contributed by atoms with Crippen LogP contribution in [0, 0.1) is 0 Å². The lowest BCUT2D eigenvalue weighted by Gasteiger charge is -2.32. The van der Waals surface area contributed by atoms with Crippen LogP contribution in [0.3, 0.4) is 0 Å². The lowest BCUT2D eigenvalue weighted by Crippen LogP contribution is -2.53. The molecule has 0 radical (unpaired) electrons. The van der Waals surface area contributed by atoms with Crippen molar-refractivity contribution >= 4 is 52.5 Å². The molecular formula is C20H40O4Si4. The number of carbonyl (C=O) groups excluding carboxylic acids is 1. The van der Waals surface area contributed by atoms with E-state index in [4.69, 9.17) is 13.0 Å². The first-order chi connectivity index (χ1) is 12.5. The van der Waals surface area contributed by atoms with Crippen LogP contribution in [0.4, 0.5) is 0 Å². The van der Waals surface area contributed by atoms with Crippen LogP contribution in [0.25, 0.3) is 0 Å². The van der Waals surface area contributed by atoms with Gasteiger partial charge in [-0.1, -0.05) is 47.6 Å². The molecule has 0 aliphatic carbocycles. The molecule has 1 aromatic carbocycles. The second kappa shape index (κ2) is 9.09. The second-order valence-corrected chi connectivity index (χ2v) is 25.3. The molecule has 1 rings (SSSR count). The topological polar surface area (TPSA) is 44.8 Å². The van der Waals surface area contributed by atoms with Crippen LogP contribution in [-0.2, 0) is 13.0 Å². The maximum Gasteiger partial charge on any atom is 0.337 e. The predicted molar refractivity (Wildman–Crippen MR) is 131 cm³/mol. The normalized spacial score (nSPS) is 14.4. The fourth-order valence-corrected chi connectivity index (χ4v) is 12.4. The summed E-state index contributed by atoms with van der Waals surface area (Å²) >= 11 is 0. The van der Waals surface area contributed by atoms with Gasteiger partial charge in [-0.2, -0.15) is 0 Å². The molecule has 0 heterocycles. The van der Waals surface area contributed by atoms with Crippen LogP contribution in [0.5, 0.6) is 0 Å². The molecule has 0 aromatic heterocycles. The first-order valence-corrected chi connectivity index (χ1v) is 18.4. The minimum Gasteiger partial charge on any atom is -0.465 e. The Morgan fingerprint density at radius 3 is 1.43 bits per heavy atom. The Labute approximate surface area is 178 Å². The molecule has 8 heteroatoms. The number of benzene rings is 1. The van der Waals surface area contributed by atoms with Gasteiger partial charge in [0.25, 0.3) is 0 Å². The highest BCUT2D eigenvalue weighted by molar-refractivity contribution is 6.90. The van der Waals surface area contributed by atoms with Crippen LogP contribution in [0.2, 0.25) is 36.3 Å². The summed E-state index contributed by atoms with van der Waals surface area (Å²) in [6.07, 6.45) is 0. The quantitative estimate of drug-likeness (QED) is 0.467. The fourth-order valence-electron chi connectivity index (χ4n) is 2.52. The highest BCUT2D eigenvalue weighted by Gasteiger charge is 2.33. The van der Waals surface area contributed by atoms with Gasteiger partial charge in [0.2, 0.25) is 16.6 Å². The molecule has 0 aliphatic rings. The molecule has 4 nitrogen and oxygen atoms in total. The van der Waals surface area contributed by atoms with Crippen LogP contribution in [0.15, 0.2) is 18.2 Å². The van der Waals surface area contributed by atoms with Gasteiger partial charge >= 0.3 is 5.97 Å². The summed E-state index contributed by atoms with van der Waals surface area (Å²) < 4.78 is 18.1. The molecule has 0 spiro atoms. The monoisotopic (exact) mass is 456 g/mol. The third kappa shape index (κ3) is 8.08. The van der Waals surface area contributed by atoms with Crippen LogP contribution < -0.4 is 10.4 Å². The van der Waals surface area contributed by atoms with Gasteiger partial charge in [-0.15, -0.1) is 0 Å². The molecule has 1 aromatic rings. The van der Waals surface area contributed by atoms with Gasteiger partial charge in [-0.3, -0.25) is 0 Å². The smallest absolute Gasteiger partial charge is 0.337 e. The van der Waals surface area contributed by atoms with Gasteiger partial charge in [0, 0.05) is 0 Å². The summed E-state index contributed by atoms with van der Waals surface area (Å²) in [5.74, 6) is -0.293. The molecule has 0 N–H and O–H groups in total. The minimum atomic E-state index is -2.12. The SMILES string of the molecule is COC(=O)c1cc([Si](C)(C)O[SiH2]C(C)(C)C)cc([Si](C)(C)O[SiH2]C(C)(C)C)c1. The molecule has 0 fully saturated rings. The molecule has 0 amide bonds. The molecule has 0 bridgehead atoms. The Bertz CT molecular complexity index is 640. The summed E-state index contributed by atoms with van der Waals surface area (Å²) in [5.41, 5.74) is 0.609. The first kappa shape index (κ1) is 25.5. The van der Waals surface area contributed by atoms with Gasteiger partial charge in [0.05, 0.1) is 12.7 Å². The lowest BCUT2D eigenvalue weighted by atomic mass is 10.2. The molecule has 28 heavy (non-hydrogen) atoms. The average molecular weight is 457 g/mol. The molecule has 160 valence electrons. The highest BCUT2D eigenvalue weighted by atomic mass is 28.4. The molecular weight excluding hydrogens is 417 g/mol. The number of hydrogen-bond acceptors (Lipinski definition) is 4.